The zero-order valence-electron chi connectivity index (χ0n) is 17.8. The Bertz CT molecular complexity index is 759. The van der Waals surface area contributed by atoms with Crippen LogP contribution in [0.1, 0.15) is 32.1 Å². The molecule has 0 heterocycles. The number of hydrogen-bond acceptors (Lipinski definition) is 8. The van der Waals surface area contributed by atoms with Crippen molar-refractivity contribution >= 4 is 41.5 Å². The summed E-state index contributed by atoms with van der Waals surface area (Å²) in [5.74, 6) is -6.44. The first-order valence-corrected chi connectivity index (χ1v) is 9.77. The third-order valence-corrected chi connectivity index (χ3v) is 4.10. The Balaban J connectivity index is 4.79. The molecule has 0 rings (SSSR count). The van der Waals surface area contributed by atoms with Crippen LogP contribution in [-0.2, 0) is 28.8 Å². The van der Waals surface area contributed by atoms with E-state index in [2.05, 4.69) is 21.3 Å². The summed E-state index contributed by atoms with van der Waals surface area (Å²) < 4.78 is 0. The minimum absolute atomic E-state index is 0.126. The van der Waals surface area contributed by atoms with Gasteiger partial charge in [0.25, 0.3) is 0 Å². The van der Waals surface area contributed by atoms with E-state index in [0.29, 0.717) is 6.42 Å². The second kappa shape index (κ2) is 15.0. The van der Waals surface area contributed by atoms with E-state index in [1.165, 1.54) is 0 Å². The number of primary amides is 1. The number of carbonyl (C=O) groups is 6. The fourth-order valence-electron chi connectivity index (χ4n) is 2.42. The van der Waals surface area contributed by atoms with Gasteiger partial charge in [-0.05, 0) is 19.3 Å². The number of rotatable bonds is 16. The van der Waals surface area contributed by atoms with Crippen molar-refractivity contribution in [1.29, 1.82) is 5.41 Å². The van der Waals surface area contributed by atoms with Gasteiger partial charge in [-0.25, -0.2) is 0 Å². The number of amides is 4. The first-order valence-electron chi connectivity index (χ1n) is 9.77. The van der Waals surface area contributed by atoms with Crippen molar-refractivity contribution in [2.75, 3.05) is 13.1 Å². The van der Waals surface area contributed by atoms with E-state index in [1.807, 2.05) is 0 Å². The molecular weight excluding hydrogens is 444 g/mol. The summed E-state index contributed by atoms with van der Waals surface area (Å²) in [6.45, 7) is -0.387. The number of guanidine groups is 1. The molecule has 33 heavy (non-hydrogen) atoms. The Morgan fingerprint density at radius 1 is 0.848 bits per heavy atom. The Morgan fingerprint density at radius 3 is 2.00 bits per heavy atom. The van der Waals surface area contributed by atoms with E-state index in [0.717, 1.165) is 0 Å². The predicted molar refractivity (Wildman–Crippen MR) is 112 cm³/mol. The van der Waals surface area contributed by atoms with Gasteiger partial charge in [-0.1, -0.05) is 0 Å². The van der Waals surface area contributed by atoms with Crippen LogP contribution in [0, 0.1) is 5.41 Å². The van der Waals surface area contributed by atoms with Crippen molar-refractivity contribution in [2.45, 2.75) is 50.2 Å². The molecule has 3 atom stereocenters. The molecule has 0 aliphatic heterocycles. The molecule has 0 fully saturated rings. The first kappa shape index (κ1) is 29.0. The Labute approximate surface area is 188 Å². The van der Waals surface area contributed by atoms with Crippen LogP contribution < -0.4 is 38.5 Å². The van der Waals surface area contributed by atoms with Crippen molar-refractivity contribution in [2.24, 2.45) is 17.2 Å². The highest BCUT2D eigenvalue weighted by molar-refractivity contribution is 5.94. The quantitative estimate of drug-likeness (QED) is 0.0577. The minimum atomic E-state index is -1.58. The number of nitrogens with one attached hydrogen (secondary N) is 5. The molecule has 0 aromatic rings. The van der Waals surface area contributed by atoms with Crippen LogP contribution in [0.5, 0.6) is 0 Å². The average Bonchev–Trinajstić information content (AvgIpc) is 2.70. The van der Waals surface area contributed by atoms with E-state index < -0.39 is 73.1 Å². The number of aliphatic carboxylic acids is 2. The van der Waals surface area contributed by atoms with Gasteiger partial charge in [-0.3, -0.25) is 34.2 Å². The molecule has 0 aliphatic carbocycles. The standard InChI is InChI=1S/C17H30N8O8/c18-8(3-4-12(27)28)15(32)25-10(6-13(29)30)16(33)23-7-11(26)24-9(14(19)31)2-1-5-22-17(20)21/h8-10H,1-7,18H2,(H2,19,31)(H,23,33)(H,24,26)(H,25,32)(H,27,28)(H,29,30)(H4,20,21,22)/t8-,9-,10-/m0/s1. The molecule has 0 aromatic carbocycles. The number of carboxylic acid groups (broad SMARTS) is 2. The predicted octanol–water partition coefficient (Wildman–Crippen LogP) is -4.51. The van der Waals surface area contributed by atoms with Crippen molar-refractivity contribution in [3.05, 3.63) is 0 Å². The lowest BCUT2D eigenvalue weighted by Crippen LogP contribution is -2.54. The molecular formula is C17H30N8O8. The number of hydrogen-bond donors (Lipinski definition) is 10. The minimum Gasteiger partial charge on any atom is -0.481 e. The Morgan fingerprint density at radius 2 is 1.48 bits per heavy atom. The van der Waals surface area contributed by atoms with Gasteiger partial charge in [0.05, 0.1) is 19.0 Å². The van der Waals surface area contributed by atoms with Gasteiger partial charge in [0.1, 0.15) is 12.1 Å². The number of carbonyl (C=O) groups excluding carboxylic acids is 4. The van der Waals surface area contributed by atoms with Gasteiger partial charge >= 0.3 is 11.9 Å². The van der Waals surface area contributed by atoms with Crippen LogP contribution in [-0.4, -0.2) is 83.0 Å². The van der Waals surface area contributed by atoms with Crippen LogP contribution in [0.3, 0.4) is 0 Å². The fourth-order valence-corrected chi connectivity index (χ4v) is 2.42. The lowest BCUT2D eigenvalue weighted by Gasteiger charge is -2.20. The van der Waals surface area contributed by atoms with Crippen molar-refractivity contribution in [3.63, 3.8) is 0 Å². The van der Waals surface area contributed by atoms with E-state index in [9.17, 15) is 28.8 Å². The molecule has 0 aliphatic rings. The lowest BCUT2D eigenvalue weighted by atomic mass is 10.1. The third-order valence-electron chi connectivity index (χ3n) is 4.10. The monoisotopic (exact) mass is 474 g/mol. The van der Waals surface area contributed by atoms with Gasteiger partial charge in [-0.2, -0.15) is 0 Å². The van der Waals surface area contributed by atoms with Crippen LogP contribution in [0.25, 0.3) is 0 Å². The zero-order valence-corrected chi connectivity index (χ0v) is 17.8. The van der Waals surface area contributed by atoms with Crippen molar-refractivity contribution in [1.82, 2.24) is 21.3 Å². The van der Waals surface area contributed by atoms with E-state index in [1.54, 1.807) is 0 Å². The zero-order chi connectivity index (χ0) is 25.6. The molecule has 0 saturated heterocycles. The smallest absolute Gasteiger partial charge is 0.305 e. The second-order valence-corrected chi connectivity index (χ2v) is 6.92. The molecule has 0 saturated carbocycles. The van der Waals surface area contributed by atoms with Crippen molar-refractivity contribution < 1.29 is 39.0 Å². The summed E-state index contributed by atoms with van der Waals surface area (Å²) in [6.07, 6.45) is -0.994. The van der Waals surface area contributed by atoms with E-state index in [-0.39, 0.29) is 25.3 Å². The first-order chi connectivity index (χ1) is 15.3. The van der Waals surface area contributed by atoms with Gasteiger partial charge in [0, 0.05) is 13.0 Å². The number of carboxylic acids is 2. The maximum Gasteiger partial charge on any atom is 0.305 e. The molecule has 4 amide bonds. The Hall–Kier alpha value is -3.95. The van der Waals surface area contributed by atoms with Crippen molar-refractivity contribution in [3.8, 4) is 0 Å². The normalized spacial score (nSPS) is 13.0. The van der Waals surface area contributed by atoms with Crippen LogP contribution in [0.4, 0.5) is 0 Å². The topological polar surface area (TPSA) is 293 Å². The van der Waals surface area contributed by atoms with Gasteiger partial charge in [-0.15, -0.1) is 0 Å². The average molecular weight is 474 g/mol. The molecule has 0 unspecified atom stereocenters. The highest BCUT2D eigenvalue weighted by Gasteiger charge is 2.27. The summed E-state index contributed by atoms with van der Waals surface area (Å²) in [5, 5.41) is 33.7. The second-order valence-electron chi connectivity index (χ2n) is 6.92. The van der Waals surface area contributed by atoms with Gasteiger partial charge < -0.3 is 48.7 Å². The molecule has 16 nitrogen and oxygen atoms in total. The van der Waals surface area contributed by atoms with Crippen LogP contribution in [0.2, 0.25) is 0 Å². The van der Waals surface area contributed by atoms with E-state index >= 15 is 0 Å². The summed E-state index contributed by atoms with van der Waals surface area (Å²) in [4.78, 5) is 69.4. The molecule has 0 bridgehead atoms. The lowest BCUT2D eigenvalue weighted by molar-refractivity contribution is -0.140. The highest BCUT2D eigenvalue weighted by atomic mass is 16.4. The maximum atomic E-state index is 12.3. The van der Waals surface area contributed by atoms with Gasteiger partial charge in [0.2, 0.25) is 23.6 Å². The molecule has 16 heteroatoms. The molecule has 0 spiro atoms. The van der Waals surface area contributed by atoms with Crippen LogP contribution >= 0.6 is 0 Å². The molecule has 0 radical (unpaired) electrons. The Kier molecular flexibility index (Phi) is 13.2. The summed E-state index contributed by atoms with van der Waals surface area (Å²) in [5.41, 5.74) is 15.9. The molecule has 0 aromatic heterocycles. The maximum absolute atomic E-state index is 12.3. The number of nitrogens with two attached hydrogens (primary N) is 3. The van der Waals surface area contributed by atoms with Crippen LogP contribution in [0.15, 0.2) is 0 Å². The largest absolute Gasteiger partial charge is 0.481 e. The fraction of sp³-hybridized carbons (Fsp3) is 0.588. The SMILES string of the molecule is N=C(N)NCCC[C@H](NC(=O)CNC(=O)[C@H](CC(=O)O)NC(=O)[C@@H](N)CCC(=O)O)C(N)=O. The molecule has 13 N–H and O–H groups in total. The third kappa shape index (κ3) is 13.9. The summed E-state index contributed by atoms with van der Waals surface area (Å²) in [6, 6.07) is -3.93. The summed E-state index contributed by atoms with van der Waals surface area (Å²) in [7, 11) is 0. The summed E-state index contributed by atoms with van der Waals surface area (Å²) >= 11 is 0. The van der Waals surface area contributed by atoms with Gasteiger partial charge in [0.15, 0.2) is 5.96 Å². The van der Waals surface area contributed by atoms with E-state index in [4.69, 9.17) is 32.8 Å². The highest BCUT2D eigenvalue weighted by Crippen LogP contribution is 1.99. The molecule has 186 valence electrons.